The average molecular weight is 442 g/mol. The summed E-state index contributed by atoms with van der Waals surface area (Å²) in [6.07, 6.45) is 1.85. The second-order valence-electron chi connectivity index (χ2n) is 8.57. The van der Waals surface area contributed by atoms with Crippen molar-refractivity contribution in [2.24, 2.45) is 0 Å². The normalized spacial score (nSPS) is 15.4. The van der Waals surface area contributed by atoms with Crippen LogP contribution < -0.4 is 15.0 Å². The monoisotopic (exact) mass is 441 g/mol. The quantitative estimate of drug-likeness (QED) is 0.354. The van der Waals surface area contributed by atoms with Gasteiger partial charge in [0.25, 0.3) is 0 Å². The minimum atomic E-state index is -0.171. The first-order chi connectivity index (χ1) is 16.0. The SMILES string of the molecule is COc1ccc(-c2cccc3cnc(Nc4cccc(N5CC[N+](C)([O-])CC5)c4)nc23)cc1. The van der Waals surface area contributed by atoms with Crippen molar-refractivity contribution in [3.05, 3.63) is 78.1 Å². The maximum Gasteiger partial charge on any atom is 0.227 e. The van der Waals surface area contributed by atoms with Crippen LogP contribution >= 0.6 is 0 Å². The fourth-order valence-electron chi connectivity index (χ4n) is 4.18. The van der Waals surface area contributed by atoms with E-state index in [4.69, 9.17) is 9.72 Å². The third-order valence-electron chi connectivity index (χ3n) is 6.17. The van der Waals surface area contributed by atoms with Gasteiger partial charge in [-0.15, -0.1) is 0 Å². The van der Waals surface area contributed by atoms with Gasteiger partial charge in [-0.1, -0.05) is 36.4 Å². The summed E-state index contributed by atoms with van der Waals surface area (Å²) >= 11 is 0. The molecule has 168 valence electrons. The molecule has 0 amide bonds. The van der Waals surface area contributed by atoms with E-state index in [1.165, 1.54) is 0 Å². The van der Waals surface area contributed by atoms with Crippen LogP contribution in [0, 0.1) is 5.21 Å². The highest BCUT2D eigenvalue weighted by atomic mass is 16.5. The summed E-state index contributed by atoms with van der Waals surface area (Å²) in [5.41, 5.74) is 5.02. The maximum atomic E-state index is 12.2. The molecule has 0 saturated carbocycles. The maximum absolute atomic E-state index is 12.2. The van der Waals surface area contributed by atoms with E-state index >= 15 is 0 Å². The lowest BCUT2D eigenvalue weighted by Crippen LogP contribution is -2.53. The Bertz CT molecular complexity index is 1260. The van der Waals surface area contributed by atoms with E-state index in [1.54, 1.807) is 14.2 Å². The highest BCUT2D eigenvalue weighted by Gasteiger charge is 2.21. The Hall–Kier alpha value is -3.68. The Morgan fingerprint density at radius 2 is 1.76 bits per heavy atom. The number of anilines is 3. The van der Waals surface area contributed by atoms with E-state index in [1.807, 2.05) is 54.7 Å². The molecule has 1 aromatic heterocycles. The molecular formula is C26H27N5O2. The Morgan fingerprint density at radius 3 is 2.52 bits per heavy atom. The van der Waals surface area contributed by atoms with Gasteiger partial charge in [-0.05, 0) is 35.9 Å². The van der Waals surface area contributed by atoms with Gasteiger partial charge >= 0.3 is 0 Å². The summed E-state index contributed by atoms with van der Waals surface area (Å²) in [5.74, 6) is 1.37. The molecule has 1 fully saturated rings. The molecule has 1 aliphatic heterocycles. The van der Waals surface area contributed by atoms with Crippen molar-refractivity contribution in [2.75, 3.05) is 50.6 Å². The number of rotatable bonds is 5. The van der Waals surface area contributed by atoms with E-state index in [0.717, 1.165) is 52.2 Å². The molecule has 33 heavy (non-hydrogen) atoms. The number of ether oxygens (including phenoxy) is 1. The van der Waals surface area contributed by atoms with Crippen molar-refractivity contribution in [1.29, 1.82) is 0 Å². The first-order valence-corrected chi connectivity index (χ1v) is 11.1. The second kappa shape index (κ2) is 8.69. The lowest BCUT2D eigenvalue weighted by Gasteiger charge is -2.45. The molecule has 0 radical (unpaired) electrons. The molecule has 1 aliphatic rings. The van der Waals surface area contributed by atoms with E-state index in [9.17, 15) is 5.21 Å². The number of methoxy groups -OCH3 is 1. The number of benzene rings is 3. The fourth-order valence-corrected chi connectivity index (χ4v) is 4.18. The van der Waals surface area contributed by atoms with Gasteiger partial charge in [0.1, 0.15) is 5.75 Å². The molecule has 5 rings (SSSR count). The van der Waals surface area contributed by atoms with Gasteiger partial charge in [0.2, 0.25) is 5.95 Å². The third kappa shape index (κ3) is 4.60. The van der Waals surface area contributed by atoms with Crippen LogP contribution in [0.3, 0.4) is 0 Å². The van der Waals surface area contributed by atoms with Crippen molar-refractivity contribution in [2.45, 2.75) is 0 Å². The van der Waals surface area contributed by atoms with Gasteiger partial charge in [-0.25, -0.2) is 9.97 Å². The molecule has 7 nitrogen and oxygen atoms in total. The number of hydrogen-bond donors (Lipinski definition) is 1. The lowest BCUT2D eigenvalue weighted by atomic mass is 10.0. The Morgan fingerprint density at radius 1 is 1.00 bits per heavy atom. The van der Waals surface area contributed by atoms with Gasteiger partial charge < -0.3 is 24.8 Å². The number of para-hydroxylation sites is 1. The molecule has 1 saturated heterocycles. The number of fused-ring (bicyclic) bond motifs is 1. The molecule has 0 bridgehead atoms. The molecule has 0 atom stereocenters. The number of nitrogens with one attached hydrogen (secondary N) is 1. The predicted octanol–water partition coefficient (Wildman–Crippen LogP) is 4.81. The van der Waals surface area contributed by atoms with Crippen molar-refractivity contribution >= 4 is 28.2 Å². The summed E-state index contributed by atoms with van der Waals surface area (Å²) in [5, 5.41) is 16.5. The van der Waals surface area contributed by atoms with E-state index in [2.05, 4.69) is 33.4 Å². The number of likely N-dealkylation sites (N-methyl/N-ethyl adjacent to an activating group) is 1. The smallest absolute Gasteiger partial charge is 0.227 e. The second-order valence-corrected chi connectivity index (χ2v) is 8.57. The first-order valence-electron chi connectivity index (χ1n) is 11.1. The highest BCUT2D eigenvalue weighted by molar-refractivity contribution is 5.94. The van der Waals surface area contributed by atoms with Crippen molar-refractivity contribution < 1.29 is 9.38 Å². The van der Waals surface area contributed by atoms with Crippen LogP contribution in [-0.2, 0) is 0 Å². The molecule has 0 aliphatic carbocycles. The van der Waals surface area contributed by atoms with Gasteiger partial charge in [-0.2, -0.15) is 0 Å². The minimum absolute atomic E-state index is 0.171. The summed E-state index contributed by atoms with van der Waals surface area (Å²) in [6, 6.07) is 22.3. The fraction of sp³-hybridized carbons (Fsp3) is 0.231. The number of piperazine rings is 1. The van der Waals surface area contributed by atoms with Crippen molar-refractivity contribution in [3.63, 3.8) is 0 Å². The minimum Gasteiger partial charge on any atom is -0.633 e. The summed E-state index contributed by atoms with van der Waals surface area (Å²) < 4.78 is 5.12. The molecule has 0 unspecified atom stereocenters. The number of aromatic nitrogens is 2. The zero-order valence-electron chi connectivity index (χ0n) is 18.9. The number of hydroxylamine groups is 3. The van der Waals surface area contributed by atoms with Crippen LogP contribution in [0.1, 0.15) is 0 Å². The van der Waals surface area contributed by atoms with Gasteiger partial charge in [0.15, 0.2) is 0 Å². The van der Waals surface area contributed by atoms with Gasteiger partial charge in [-0.3, -0.25) is 0 Å². The van der Waals surface area contributed by atoms with Crippen LogP contribution in [-0.4, -0.2) is 55.0 Å². The third-order valence-corrected chi connectivity index (χ3v) is 6.17. The van der Waals surface area contributed by atoms with Crippen LogP contribution in [0.15, 0.2) is 72.9 Å². The Balaban J connectivity index is 1.42. The summed E-state index contributed by atoms with van der Waals surface area (Å²) in [7, 11) is 3.41. The molecule has 0 spiro atoms. The van der Waals surface area contributed by atoms with E-state index < -0.39 is 0 Å². The Kier molecular flexibility index (Phi) is 5.58. The lowest BCUT2D eigenvalue weighted by molar-refractivity contribution is -0.861. The van der Waals surface area contributed by atoms with Crippen LogP contribution in [0.2, 0.25) is 0 Å². The van der Waals surface area contributed by atoms with Gasteiger partial charge in [0.05, 0.1) is 45.9 Å². The largest absolute Gasteiger partial charge is 0.633 e. The molecule has 1 N–H and O–H groups in total. The van der Waals surface area contributed by atoms with Gasteiger partial charge in [0, 0.05) is 28.5 Å². The Labute approximate surface area is 193 Å². The summed E-state index contributed by atoms with van der Waals surface area (Å²) in [4.78, 5) is 11.6. The average Bonchev–Trinajstić information content (AvgIpc) is 2.84. The van der Waals surface area contributed by atoms with Crippen LogP contribution in [0.4, 0.5) is 17.3 Å². The molecule has 4 aromatic rings. The predicted molar refractivity (Wildman–Crippen MR) is 133 cm³/mol. The van der Waals surface area contributed by atoms with E-state index in [-0.39, 0.29) is 4.65 Å². The van der Waals surface area contributed by atoms with Crippen molar-refractivity contribution in [3.8, 4) is 16.9 Å². The van der Waals surface area contributed by atoms with E-state index in [0.29, 0.717) is 19.0 Å². The molecule has 2 heterocycles. The first kappa shape index (κ1) is 21.2. The zero-order chi connectivity index (χ0) is 22.8. The van der Waals surface area contributed by atoms with Crippen LogP contribution in [0.5, 0.6) is 5.75 Å². The topological polar surface area (TPSA) is 73.3 Å². The number of quaternary nitrogens is 1. The molecular weight excluding hydrogens is 414 g/mol. The van der Waals surface area contributed by atoms with Crippen LogP contribution in [0.25, 0.3) is 22.0 Å². The van der Waals surface area contributed by atoms with Crippen molar-refractivity contribution in [1.82, 2.24) is 9.97 Å². The number of nitrogens with zero attached hydrogens (tertiary/aromatic N) is 4. The number of hydrogen-bond acceptors (Lipinski definition) is 6. The molecule has 7 heteroatoms. The summed E-state index contributed by atoms with van der Waals surface area (Å²) in [6.45, 7) is 2.70. The highest BCUT2D eigenvalue weighted by Crippen LogP contribution is 2.30. The standard InChI is InChI=1S/C26H27N5O2/c1-31(32)15-13-30(14-16-31)22-7-4-6-21(17-22)28-26-27-18-20-5-3-8-24(25(20)29-26)19-9-11-23(33-2)12-10-19/h3-12,17-18H,13-16H2,1-2H3,(H,27,28,29). The molecule has 3 aromatic carbocycles. The zero-order valence-corrected chi connectivity index (χ0v) is 18.9.